The van der Waals surface area contributed by atoms with Crippen molar-refractivity contribution in [2.45, 2.75) is 32.3 Å². The highest BCUT2D eigenvalue weighted by Gasteiger charge is 2.26. The summed E-state index contributed by atoms with van der Waals surface area (Å²) in [6.45, 7) is 1.48. The lowest BCUT2D eigenvalue weighted by Crippen LogP contribution is -2.29. The van der Waals surface area contributed by atoms with E-state index in [-0.39, 0.29) is 37.0 Å². The largest absolute Gasteiger partial charge is 0.392 e. The smallest absolute Gasteiger partial charge is 0.223 e. The molecule has 1 fully saturated rings. The number of hydrogen-bond donors (Lipinski definition) is 1. The van der Waals surface area contributed by atoms with Gasteiger partial charge in [0.15, 0.2) is 5.78 Å². The van der Waals surface area contributed by atoms with Crippen LogP contribution < -0.4 is 0 Å². The molecule has 4 nitrogen and oxygen atoms in total. The summed E-state index contributed by atoms with van der Waals surface area (Å²) >= 11 is 0. The Labute approximate surface area is 158 Å². The second-order valence-electron chi connectivity index (χ2n) is 7.10. The fraction of sp³-hybridized carbons (Fsp3) is 0.364. The molecule has 2 aromatic rings. The van der Waals surface area contributed by atoms with Gasteiger partial charge in [0, 0.05) is 31.5 Å². The van der Waals surface area contributed by atoms with Crippen LogP contribution in [0.4, 0.5) is 4.39 Å². The average Bonchev–Trinajstić information content (AvgIpc) is 3.15. The van der Waals surface area contributed by atoms with Crippen molar-refractivity contribution in [1.29, 1.82) is 0 Å². The van der Waals surface area contributed by atoms with Gasteiger partial charge >= 0.3 is 0 Å². The standard InChI is InChI=1S/C22H24FNO3/c23-20-7-5-19(6-8-20)21(26)9-10-22(27)24-12-11-18(14-24)13-16-1-3-17(15-25)4-2-16/h1-8,18,25H,9-15H2/t18-/m0/s1. The summed E-state index contributed by atoms with van der Waals surface area (Å²) in [6.07, 6.45) is 2.20. The fourth-order valence-corrected chi connectivity index (χ4v) is 3.50. The maximum absolute atomic E-state index is 12.9. The molecule has 27 heavy (non-hydrogen) atoms. The van der Waals surface area contributed by atoms with E-state index in [9.17, 15) is 14.0 Å². The van der Waals surface area contributed by atoms with Gasteiger partial charge in [-0.3, -0.25) is 9.59 Å². The molecule has 1 saturated heterocycles. The van der Waals surface area contributed by atoms with E-state index in [0.717, 1.165) is 24.9 Å². The molecular weight excluding hydrogens is 345 g/mol. The van der Waals surface area contributed by atoms with Gasteiger partial charge in [-0.1, -0.05) is 24.3 Å². The summed E-state index contributed by atoms with van der Waals surface area (Å²) in [7, 11) is 0. The van der Waals surface area contributed by atoms with Crippen molar-refractivity contribution >= 4 is 11.7 Å². The molecular formula is C22H24FNO3. The first kappa shape index (κ1) is 19.2. The predicted octanol–water partition coefficient (Wildman–Crippen LogP) is 3.37. The number of carbonyl (C=O) groups excluding carboxylic acids is 2. The minimum atomic E-state index is -0.378. The number of likely N-dealkylation sites (tertiary alicyclic amines) is 1. The van der Waals surface area contributed by atoms with E-state index in [4.69, 9.17) is 5.11 Å². The van der Waals surface area contributed by atoms with E-state index in [1.165, 1.54) is 29.8 Å². The maximum atomic E-state index is 12.9. The van der Waals surface area contributed by atoms with Crippen LogP contribution in [-0.4, -0.2) is 34.8 Å². The third-order valence-corrected chi connectivity index (χ3v) is 5.10. The van der Waals surface area contributed by atoms with E-state index in [1.54, 1.807) is 0 Å². The highest BCUT2D eigenvalue weighted by Crippen LogP contribution is 2.22. The summed E-state index contributed by atoms with van der Waals surface area (Å²) in [6, 6.07) is 13.3. The molecule has 142 valence electrons. The molecule has 0 aliphatic carbocycles. The highest BCUT2D eigenvalue weighted by molar-refractivity contribution is 5.97. The first-order valence-electron chi connectivity index (χ1n) is 9.30. The number of aliphatic hydroxyl groups is 1. The van der Waals surface area contributed by atoms with Crippen LogP contribution in [-0.2, 0) is 17.8 Å². The van der Waals surface area contributed by atoms with Crippen molar-refractivity contribution in [1.82, 2.24) is 4.90 Å². The van der Waals surface area contributed by atoms with Crippen LogP contribution in [0.1, 0.15) is 40.7 Å². The molecule has 5 heteroatoms. The highest BCUT2D eigenvalue weighted by atomic mass is 19.1. The summed E-state index contributed by atoms with van der Waals surface area (Å²) in [5.74, 6) is -0.0925. The van der Waals surface area contributed by atoms with Crippen LogP contribution in [0.25, 0.3) is 0 Å². The first-order chi connectivity index (χ1) is 13.0. The van der Waals surface area contributed by atoms with Crippen LogP contribution in [0.5, 0.6) is 0 Å². The third kappa shape index (κ3) is 5.23. The number of benzene rings is 2. The lowest BCUT2D eigenvalue weighted by Gasteiger charge is -2.16. The molecule has 1 aliphatic rings. The zero-order chi connectivity index (χ0) is 19.2. The molecule has 1 heterocycles. The Hall–Kier alpha value is -2.53. The Bertz CT molecular complexity index is 786. The Morgan fingerprint density at radius 3 is 2.33 bits per heavy atom. The number of Topliss-reactive ketones (excluding diaryl/α,β-unsaturated/α-hetero) is 1. The second kappa shape index (κ2) is 8.91. The van der Waals surface area contributed by atoms with E-state index in [2.05, 4.69) is 0 Å². The van der Waals surface area contributed by atoms with Gasteiger partial charge < -0.3 is 10.0 Å². The average molecular weight is 369 g/mol. The van der Waals surface area contributed by atoms with Gasteiger partial charge in [0.05, 0.1) is 6.61 Å². The third-order valence-electron chi connectivity index (χ3n) is 5.10. The number of ketones is 1. The van der Waals surface area contributed by atoms with E-state index >= 15 is 0 Å². The topological polar surface area (TPSA) is 57.6 Å². The zero-order valence-electron chi connectivity index (χ0n) is 15.2. The summed E-state index contributed by atoms with van der Waals surface area (Å²) in [5.41, 5.74) is 2.54. The lowest BCUT2D eigenvalue weighted by molar-refractivity contribution is -0.130. The molecule has 0 radical (unpaired) electrons. The van der Waals surface area contributed by atoms with Crippen LogP contribution in [0.2, 0.25) is 0 Å². The molecule has 0 unspecified atom stereocenters. The van der Waals surface area contributed by atoms with E-state index < -0.39 is 0 Å². The molecule has 0 saturated carbocycles. The van der Waals surface area contributed by atoms with Gasteiger partial charge in [0.25, 0.3) is 0 Å². The summed E-state index contributed by atoms with van der Waals surface area (Å²) in [5, 5.41) is 9.10. The molecule has 0 bridgehead atoms. The minimum absolute atomic E-state index is 0.00332. The minimum Gasteiger partial charge on any atom is -0.392 e. The van der Waals surface area contributed by atoms with E-state index in [1.807, 2.05) is 29.2 Å². The van der Waals surface area contributed by atoms with Gasteiger partial charge in [0.1, 0.15) is 5.82 Å². The SMILES string of the molecule is O=C(CCC(=O)N1CC[C@@H](Cc2ccc(CO)cc2)C1)c1ccc(F)cc1. The van der Waals surface area contributed by atoms with Crippen molar-refractivity contribution in [2.24, 2.45) is 5.92 Å². The van der Waals surface area contributed by atoms with Crippen LogP contribution in [0.3, 0.4) is 0 Å². The Balaban J connectivity index is 1.45. The van der Waals surface area contributed by atoms with Gasteiger partial charge in [0.2, 0.25) is 5.91 Å². The van der Waals surface area contributed by atoms with Crippen molar-refractivity contribution < 1.29 is 19.1 Å². The first-order valence-corrected chi connectivity index (χ1v) is 9.30. The number of hydrogen-bond acceptors (Lipinski definition) is 3. The quantitative estimate of drug-likeness (QED) is 0.762. The normalized spacial score (nSPS) is 16.5. The molecule has 2 aromatic carbocycles. The molecule has 1 aliphatic heterocycles. The number of rotatable bonds is 7. The predicted molar refractivity (Wildman–Crippen MR) is 101 cm³/mol. The number of nitrogens with zero attached hydrogens (tertiary/aromatic N) is 1. The monoisotopic (exact) mass is 369 g/mol. The van der Waals surface area contributed by atoms with Crippen molar-refractivity contribution in [2.75, 3.05) is 13.1 Å². The lowest BCUT2D eigenvalue weighted by atomic mass is 9.98. The maximum Gasteiger partial charge on any atom is 0.223 e. The van der Waals surface area contributed by atoms with Crippen molar-refractivity contribution in [3.8, 4) is 0 Å². The number of carbonyl (C=O) groups is 2. The number of amides is 1. The van der Waals surface area contributed by atoms with Gasteiger partial charge in [-0.15, -0.1) is 0 Å². The number of halogens is 1. The van der Waals surface area contributed by atoms with Gasteiger partial charge in [-0.05, 0) is 54.2 Å². The Morgan fingerprint density at radius 2 is 1.67 bits per heavy atom. The summed E-state index contributed by atoms with van der Waals surface area (Å²) in [4.78, 5) is 26.4. The van der Waals surface area contributed by atoms with Gasteiger partial charge in [-0.25, -0.2) is 4.39 Å². The van der Waals surface area contributed by atoms with Crippen molar-refractivity contribution in [3.05, 3.63) is 71.0 Å². The second-order valence-corrected chi connectivity index (χ2v) is 7.10. The number of aliphatic hydroxyl groups excluding tert-OH is 1. The fourth-order valence-electron chi connectivity index (χ4n) is 3.50. The molecule has 1 amide bonds. The molecule has 1 N–H and O–H groups in total. The van der Waals surface area contributed by atoms with Gasteiger partial charge in [-0.2, -0.15) is 0 Å². The molecule has 1 atom stereocenters. The van der Waals surface area contributed by atoms with Crippen LogP contribution in [0.15, 0.2) is 48.5 Å². The Morgan fingerprint density at radius 1 is 1.00 bits per heavy atom. The molecule has 0 aromatic heterocycles. The Kier molecular flexibility index (Phi) is 6.35. The van der Waals surface area contributed by atoms with Crippen molar-refractivity contribution in [3.63, 3.8) is 0 Å². The van der Waals surface area contributed by atoms with E-state index in [0.29, 0.717) is 18.0 Å². The zero-order valence-corrected chi connectivity index (χ0v) is 15.2. The molecule has 0 spiro atoms. The summed E-state index contributed by atoms with van der Waals surface area (Å²) < 4.78 is 12.9. The van der Waals surface area contributed by atoms with Crippen LogP contribution in [0, 0.1) is 11.7 Å². The molecule has 3 rings (SSSR count). The van der Waals surface area contributed by atoms with Crippen LogP contribution >= 0.6 is 0 Å².